The van der Waals surface area contributed by atoms with E-state index in [1.165, 1.54) is 7.11 Å². The molecule has 0 aliphatic carbocycles. The van der Waals surface area contributed by atoms with Crippen molar-refractivity contribution in [1.29, 1.82) is 0 Å². The Hall–Kier alpha value is -1.85. The van der Waals surface area contributed by atoms with Gasteiger partial charge in [0.15, 0.2) is 6.04 Å². The van der Waals surface area contributed by atoms with Crippen LogP contribution in [0.1, 0.15) is 17.2 Å². The number of esters is 1. The number of benzene rings is 2. The highest BCUT2D eigenvalue weighted by atomic mass is 79.9. The Morgan fingerprint density at radius 2 is 2.00 bits per heavy atom. The van der Waals surface area contributed by atoms with Crippen LogP contribution in [0.2, 0.25) is 5.02 Å². The van der Waals surface area contributed by atoms with Gasteiger partial charge in [-0.25, -0.2) is 9.79 Å². The zero-order valence-electron chi connectivity index (χ0n) is 11.6. The minimum absolute atomic E-state index is 0.417. The smallest absolute Gasteiger partial charge is 0.335 e. The summed E-state index contributed by atoms with van der Waals surface area (Å²) in [6, 6.07) is 12.3. The first-order valence-electron chi connectivity index (χ1n) is 6.57. The fourth-order valence-corrected chi connectivity index (χ4v) is 2.79. The molecule has 1 atom stereocenters. The topological polar surface area (TPSA) is 50.7 Å². The molecule has 2 aromatic rings. The summed E-state index contributed by atoms with van der Waals surface area (Å²) in [5, 5.41) is 3.74. The highest BCUT2D eigenvalue weighted by Gasteiger charge is 2.29. The zero-order valence-corrected chi connectivity index (χ0v) is 14.0. The van der Waals surface area contributed by atoms with E-state index in [0.29, 0.717) is 22.1 Å². The standard InChI is InChI=1S/C16H12BrClN2O2/c1-22-16(21)14-11-3-2-4-12(18)13(11)19-15(20-14)9-5-7-10(17)8-6-9/h2-8,14H,1H3,(H,19,20). The molecule has 1 unspecified atom stereocenters. The van der Waals surface area contributed by atoms with Crippen molar-refractivity contribution in [3.05, 3.63) is 63.1 Å². The molecule has 0 aromatic heterocycles. The first-order valence-corrected chi connectivity index (χ1v) is 7.74. The quantitative estimate of drug-likeness (QED) is 0.796. The van der Waals surface area contributed by atoms with E-state index >= 15 is 0 Å². The molecule has 1 heterocycles. The molecule has 1 aliphatic rings. The van der Waals surface area contributed by atoms with Crippen molar-refractivity contribution >= 4 is 45.0 Å². The van der Waals surface area contributed by atoms with Gasteiger partial charge in [-0.15, -0.1) is 0 Å². The van der Waals surface area contributed by atoms with E-state index in [9.17, 15) is 4.79 Å². The number of aliphatic imine (C=N–C) groups is 1. The molecule has 1 N–H and O–H groups in total. The number of para-hydroxylation sites is 1. The summed E-state index contributed by atoms with van der Waals surface area (Å²) < 4.78 is 5.83. The summed E-state index contributed by atoms with van der Waals surface area (Å²) in [6.45, 7) is 0. The van der Waals surface area contributed by atoms with Gasteiger partial charge in [0, 0.05) is 15.6 Å². The Labute approximate surface area is 141 Å². The minimum atomic E-state index is -0.724. The molecule has 0 saturated heterocycles. The number of carbonyl (C=O) groups excluding carboxylic acids is 1. The molecule has 0 fully saturated rings. The summed E-state index contributed by atoms with van der Waals surface area (Å²) in [4.78, 5) is 16.6. The van der Waals surface area contributed by atoms with Crippen LogP contribution >= 0.6 is 27.5 Å². The maximum absolute atomic E-state index is 12.1. The monoisotopic (exact) mass is 378 g/mol. The number of methoxy groups -OCH3 is 1. The number of fused-ring (bicyclic) bond motifs is 1. The van der Waals surface area contributed by atoms with Gasteiger partial charge in [0.2, 0.25) is 0 Å². The fraction of sp³-hybridized carbons (Fsp3) is 0.125. The van der Waals surface area contributed by atoms with E-state index in [4.69, 9.17) is 16.3 Å². The molecule has 112 valence electrons. The largest absolute Gasteiger partial charge is 0.467 e. The lowest BCUT2D eigenvalue weighted by molar-refractivity contribution is -0.142. The van der Waals surface area contributed by atoms with E-state index in [2.05, 4.69) is 26.2 Å². The SMILES string of the molecule is COC(=O)C1N=C(c2ccc(Br)cc2)Nc2c(Cl)cccc21. The second kappa shape index (κ2) is 6.10. The number of carbonyl (C=O) groups is 1. The van der Waals surface area contributed by atoms with Crippen LogP contribution in [0.25, 0.3) is 0 Å². The van der Waals surface area contributed by atoms with Crippen molar-refractivity contribution in [2.24, 2.45) is 4.99 Å². The number of hydrogen-bond acceptors (Lipinski definition) is 4. The van der Waals surface area contributed by atoms with E-state index in [0.717, 1.165) is 10.0 Å². The van der Waals surface area contributed by atoms with Crippen LogP contribution in [-0.4, -0.2) is 18.9 Å². The molecule has 0 saturated carbocycles. The first-order chi connectivity index (χ1) is 10.6. The maximum atomic E-state index is 12.1. The summed E-state index contributed by atoms with van der Waals surface area (Å²) in [6.07, 6.45) is 0. The van der Waals surface area contributed by atoms with Crippen molar-refractivity contribution in [3.63, 3.8) is 0 Å². The molecule has 0 radical (unpaired) electrons. The third-order valence-electron chi connectivity index (χ3n) is 3.38. The molecule has 1 aliphatic heterocycles. The number of amidine groups is 1. The molecular formula is C16H12BrClN2O2. The van der Waals surface area contributed by atoms with Gasteiger partial charge in [-0.05, 0) is 18.2 Å². The Balaban J connectivity index is 2.10. The second-order valence-corrected chi connectivity index (χ2v) is 6.06. The minimum Gasteiger partial charge on any atom is -0.467 e. The van der Waals surface area contributed by atoms with Gasteiger partial charge in [0.05, 0.1) is 17.8 Å². The number of anilines is 1. The van der Waals surface area contributed by atoms with Gasteiger partial charge in [0.1, 0.15) is 5.84 Å². The summed E-state index contributed by atoms with van der Waals surface area (Å²) in [5.74, 6) is 0.170. The molecular weight excluding hydrogens is 368 g/mol. The number of halogens is 2. The van der Waals surface area contributed by atoms with Gasteiger partial charge < -0.3 is 10.1 Å². The van der Waals surface area contributed by atoms with Crippen LogP contribution in [0.15, 0.2) is 51.9 Å². The van der Waals surface area contributed by atoms with E-state index in [-0.39, 0.29) is 0 Å². The van der Waals surface area contributed by atoms with E-state index < -0.39 is 12.0 Å². The number of nitrogens with zero attached hydrogens (tertiary/aromatic N) is 1. The Bertz CT molecular complexity index is 759. The van der Waals surface area contributed by atoms with Crippen molar-refractivity contribution in [2.75, 3.05) is 12.4 Å². The molecule has 4 nitrogen and oxygen atoms in total. The van der Waals surface area contributed by atoms with E-state index in [1.54, 1.807) is 12.1 Å². The van der Waals surface area contributed by atoms with Crippen LogP contribution in [0.4, 0.5) is 5.69 Å². The van der Waals surface area contributed by atoms with Crippen molar-refractivity contribution < 1.29 is 9.53 Å². The molecule has 6 heteroatoms. The van der Waals surface area contributed by atoms with E-state index in [1.807, 2.05) is 30.3 Å². The third kappa shape index (κ3) is 2.74. The van der Waals surface area contributed by atoms with Gasteiger partial charge in [-0.2, -0.15) is 0 Å². The van der Waals surface area contributed by atoms with Crippen molar-refractivity contribution in [3.8, 4) is 0 Å². The predicted octanol–water partition coefficient (Wildman–Crippen LogP) is 4.19. The van der Waals surface area contributed by atoms with Gasteiger partial charge in [-0.3, -0.25) is 0 Å². The molecule has 0 spiro atoms. The van der Waals surface area contributed by atoms with Crippen LogP contribution < -0.4 is 5.32 Å². The lowest BCUT2D eigenvalue weighted by Gasteiger charge is -2.24. The third-order valence-corrected chi connectivity index (χ3v) is 4.23. The number of ether oxygens (including phenoxy) is 1. The number of hydrogen-bond donors (Lipinski definition) is 1. The average Bonchev–Trinajstić information content (AvgIpc) is 2.54. The summed E-state index contributed by atoms with van der Waals surface area (Å²) in [7, 11) is 1.35. The molecule has 3 rings (SSSR count). The highest BCUT2D eigenvalue weighted by molar-refractivity contribution is 9.10. The average molecular weight is 380 g/mol. The van der Waals surface area contributed by atoms with Crippen molar-refractivity contribution in [1.82, 2.24) is 0 Å². The zero-order chi connectivity index (χ0) is 15.7. The molecule has 0 amide bonds. The van der Waals surface area contributed by atoms with Gasteiger partial charge >= 0.3 is 5.97 Å². The number of rotatable bonds is 2. The molecule has 0 bridgehead atoms. The molecule has 2 aromatic carbocycles. The van der Waals surface area contributed by atoms with Crippen LogP contribution in [0, 0.1) is 0 Å². The maximum Gasteiger partial charge on any atom is 0.335 e. The van der Waals surface area contributed by atoms with Crippen molar-refractivity contribution in [2.45, 2.75) is 6.04 Å². The first kappa shape index (κ1) is 15.1. The Morgan fingerprint density at radius 3 is 2.68 bits per heavy atom. The lowest BCUT2D eigenvalue weighted by atomic mass is 10.0. The normalized spacial score (nSPS) is 16.3. The van der Waals surface area contributed by atoms with Gasteiger partial charge in [-0.1, -0.05) is 51.8 Å². The summed E-state index contributed by atoms with van der Waals surface area (Å²) >= 11 is 9.65. The predicted molar refractivity (Wildman–Crippen MR) is 90.5 cm³/mol. The Morgan fingerprint density at radius 1 is 1.27 bits per heavy atom. The number of nitrogens with one attached hydrogen (secondary N) is 1. The fourth-order valence-electron chi connectivity index (χ4n) is 2.30. The molecule has 22 heavy (non-hydrogen) atoms. The lowest BCUT2D eigenvalue weighted by Crippen LogP contribution is -2.26. The van der Waals surface area contributed by atoms with Crippen LogP contribution in [0.5, 0.6) is 0 Å². The van der Waals surface area contributed by atoms with Crippen LogP contribution in [-0.2, 0) is 9.53 Å². The van der Waals surface area contributed by atoms with Crippen LogP contribution in [0.3, 0.4) is 0 Å². The summed E-state index contributed by atoms with van der Waals surface area (Å²) in [5.41, 5.74) is 2.26. The Kier molecular flexibility index (Phi) is 4.18. The highest BCUT2D eigenvalue weighted by Crippen LogP contribution is 2.36. The van der Waals surface area contributed by atoms with Gasteiger partial charge in [0.25, 0.3) is 0 Å². The second-order valence-electron chi connectivity index (χ2n) is 4.74.